The SMILES string of the molecule is Cc1ccccc1NC(=O)c1ccc2c(c1)[C@H]1[C@@H]3CC[C@@H](C3)[C@@H]1[C@H](c1ccccc1)N2. The number of hydrogen-bond donors (Lipinski definition) is 2. The molecule has 0 radical (unpaired) electrons. The Morgan fingerprint density at radius 2 is 1.71 bits per heavy atom. The van der Waals surface area contributed by atoms with Crippen molar-refractivity contribution in [1.82, 2.24) is 0 Å². The molecule has 3 nitrogen and oxygen atoms in total. The molecule has 6 rings (SSSR count). The molecule has 2 saturated carbocycles. The molecule has 5 atom stereocenters. The molecule has 0 saturated heterocycles. The lowest BCUT2D eigenvalue weighted by Gasteiger charge is -2.43. The summed E-state index contributed by atoms with van der Waals surface area (Å²) in [4.78, 5) is 13.1. The molecule has 2 bridgehead atoms. The Labute approximate surface area is 183 Å². The molecule has 156 valence electrons. The van der Waals surface area contributed by atoms with Gasteiger partial charge in [-0.15, -0.1) is 0 Å². The van der Waals surface area contributed by atoms with Crippen LogP contribution in [0.15, 0.2) is 72.8 Å². The van der Waals surface area contributed by atoms with Crippen molar-refractivity contribution in [1.29, 1.82) is 0 Å². The van der Waals surface area contributed by atoms with Gasteiger partial charge in [0.2, 0.25) is 0 Å². The number of carbonyl (C=O) groups is 1. The number of rotatable bonds is 3. The van der Waals surface area contributed by atoms with E-state index < -0.39 is 0 Å². The van der Waals surface area contributed by atoms with Crippen LogP contribution in [0.1, 0.15) is 58.3 Å². The predicted molar refractivity (Wildman–Crippen MR) is 125 cm³/mol. The zero-order valence-corrected chi connectivity index (χ0v) is 17.8. The molecule has 2 fully saturated rings. The predicted octanol–water partition coefficient (Wildman–Crippen LogP) is 6.54. The summed E-state index contributed by atoms with van der Waals surface area (Å²) in [5.41, 5.74) is 6.65. The van der Waals surface area contributed by atoms with Crippen LogP contribution in [0.5, 0.6) is 0 Å². The van der Waals surface area contributed by atoms with E-state index in [9.17, 15) is 4.79 Å². The fourth-order valence-electron chi connectivity index (χ4n) is 6.53. The number of hydrogen-bond acceptors (Lipinski definition) is 2. The van der Waals surface area contributed by atoms with Gasteiger partial charge in [-0.2, -0.15) is 0 Å². The van der Waals surface area contributed by atoms with Crippen molar-refractivity contribution in [3.8, 4) is 0 Å². The molecule has 1 heterocycles. The fourth-order valence-corrected chi connectivity index (χ4v) is 6.53. The molecule has 0 spiro atoms. The summed E-state index contributed by atoms with van der Waals surface area (Å²) in [7, 11) is 0. The lowest BCUT2D eigenvalue weighted by Crippen LogP contribution is -2.35. The standard InChI is InChI=1S/C28H28N2O/c1-17-7-5-6-10-23(17)30-28(31)21-13-14-24-22(16-21)25-19-11-12-20(15-19)26(25)27(29-24)18-8-3-2-4-9-18/h2-10,13-14,16,19-20,25-27,29H,11-12,15H2,1H3,(H,30,31)/t19-,20+,25-,26+,27+/m1/s1. The zero-order valence-electron chi connectivity index (χ0n) is 17.8. The molecule has 1 amide bonds. The minimum absolute atomic E-state index is 0.0259. The highest BCUT2D eigenvalue weighted by Crippen LogP contribution is 2.63. The molecule has 1 aliphatic heterocycles. The van der Waals surface area contributed by atoms with Gasteiger partial charge in [0.05, 0.1) is 6.04 Å². The van der Waals surface area contributed by atoms with Gasteiger partial charge in [0.1, 0.15) is 0 Å². The van der Waals surface area contributed by atoms with Crippen molar-refractivity contribution in [3.05, 3.63) is 95.1 Å². The van der Waals surface area contributed by atoms with E-state index in [-0.39, 0.29) is 5.91 Å². The van der Waals surface area contributed by atoms with E-state index in [1.807, 2.05) is 37.3 Å². The average molecular weight is 409 g/mol. The molecule has 3 aromatic rings. The zero-order chi connectivity index (χ0) is 20.9. The first-order valence-electron chi connectivity index (χ1n) is 11.5. The first-order chi connectivity index (χ1) is 15.2. The van der Waals surface area contributed by atoms with Crippen molar-refractivity contribution in [3.63, 3.8) is 0 Å². The third-order valence-electron chi connectivity index (χ3n) is 7.90. The van der Waals surface area contributed by atoms with Crippen LogP contribution in [0.4, 0.5) is 11.4 Å². The summed E-state index contributed by atoms with van der Waals surface area (Å²) in [6.07, 6.45) is 4.01. The lowest BCUT2D eigenvalue weighted by molar-refractivity contribution is 0.102. The van der Waals surface area contributed by atoms with Crippen molar-refractivity contribution in [2.45, 2.75) is 38.1 Å². The molecule has 0 unspecified atom stereocenters. The Morgan fingerprint density at radius 1 is 0.935 bits per heavy atom. The average Bonchev–Trinajstić information content (AvgIpc) is 3.43. The number of carbonyl (C=O) groups excluding carboxylic acids is 1. The number of anilines is 2. The van der Waals surface area contributed by atoms with Crippen LogP contribution in [0, 0.1) is 24.7 Å². The second kappa shape index (κ2) is 7.26. The van der Waals surface area contributed by atoms with Crippen LogP contribution in [-0.2, 0) is 0 Å². The number of benzene rings is 3. The Kier molecular flexibility index (Phi) is 4.38. The maximum absolute atomic E-state index is 13.1. The summed E-state index contributed by atoms with van der Waals surface area (Å²) in [6.45, 7) is 2.02. The maximum atomic E-state index is 13.1. The van der Waals surface area contributed by atoms with Crippen molar-refractivity contribution in [2.24, 2.45) is 17.8 Å². The van der Waals surface area contributed by atoms with Crippen LogP contribution in [0.25, 0.3) is 0 Å². The lowest BCUT2D eigenvalue weighted by atomic mass is 9.68. The Morgan fingerprint density at radius 3 is 2.55 bits per heavy atom. The van der Waals surface area contributed by atoms with Gasteiger partial charge >= 0.3 is 0 Å². The third kappa shape index (κ3) is 3.06. The van der Waals surface area contributed by atoms with Gasteiger partial charge in [-0.3, -0.25) is 4.79 Å². The molecule has 3 aromatic carbocycles. The van der Waals surface area contributed by atoms with Gasteiger partial charge in [-0.25, -0.2) is 0 Å². The number of aryl methyl sites for hydroxylation is 1. The highest BCUT2D eigenvalue weighted by Gasteiger charge is 2.53. The molecule has 31 heavy (non-hydrogen) atoms. The molecule has 2 aliphatic carbocycles. The highest BCUT2D eigenvalue weighted by atomic mass is 16.1. The fraction of sp³-hybridized carbons (Fsp3) is 0.321. The summed E-state index contributed by atoms with van der Waals surface area (Å²) >= 11 is 0. The van der Waals surface area contributed by atoms with Gasteiger partial charge < -0.3 is 10.6 Å². The first-order valence-corrected chi connectivity index (χ1v) is 11.5. The van der Waals surface area contributed by atoms with Gasteiger partial charge in [0.15, 0.2) is 0 Å². The van der Waals surface area contributed by atoms with Crippen LogP contribution < -0.4 is 10.6 Å². The van der Waals surface area contributed by atoms with Gasteiger partial charge in [-0.05, 0) is 90.8 Å². The molecular weight excluding hydrogens is 380 g/mol. The number of nitrogens with one attached hydrogen (secondary N) is 2. The summed E-state index contributed by atoms with van der Waals surface area (Å²) < 4.78 is 0. The van der Waals surface area contributed by atoms with Crippen LogP contribution in [0.3, 0.4) is 0 Å². The van der Waals surface area contributed by atoms with E-state index in [0.29, 0.717) is 17.9 Å². The van der Waals surface area contributed by atoms with E-state index in [1.165, 1.54) is 36.1 Å². The van der Waals surface area contributed by atoms with Gasteiger partial charge in [0.25, 0.3) is 5.91 Å². The second-order valence-electron chi connectivity index (χ2n) is 9.54. The maximum Gasteiger partial charge on any atom is 0.255 e. The van der Waals surface area contributed by atoms with Crippen molar-refractivity contribution in [2.75, 3.05) is 10.6 Å². The largest absolute Gasteiger partial charge is 0.378 e. The summed E-state index contributed by atoms with van der Waals surface area (Å²) in [5, 5.41) is 6.97. The van der Waals surface area contributed by atoms with E-state index in [2.05, 4.69) is 53.1 Å². The molecular formula is C28H28N2O. The van der Waals surface area contributed by atoms with Crippen molar-refractivity contribution < 1.29 is 4.79 Å². The Balaban J connectivity index is 1.36. The summed E-state index contributed by atoms with van der Waals surface area (Å²) in [5.74, 6) is 2.67. The minimum atomic E-state index is -0.0259. The smallest absolute Gasteiger partial charge is 0.255 e. The van der Waals surface area contributed by atoms with Crippen molar-refractivity contribution >= 4 is 17.3 Å². The van der Waals surface area contributed by atoms with Gasteiger partial charge in [-0.1, -0.05) is 48.5 Å². The summed E-state index contributed by atoms with van der Waals surface area (Å²) in [6, 6.07) is 25.5. The molecule has 0 aromatic heterocycles. The number of amides is 1. The number of para-hydroxylation sites is 1. The monoisotopic (exact) mass is 408 g/mol. The van der Waals surface area contributed by atoms with Crippen LogP contribution >= 0.6 is 0 Å². The third-order valence-corrected chi connectivity index (χ3v) is 7.90. The van der Waals surface area contributed by atoms with Crippen LogP contribution in [0.2, 0.25) is 0 Å². The first kappa shape index (κ1) is 18.7. The molecule has 3 heteroatoms. The van der Waals surface area contributed by atoms with E-state index in [0.717, 1.165) is 28.7 Å². The second-order valence-corrected chi connectivity index (χ2v) is 9.54. The quantitative estimate of drug-likeness (QED) is 0.516. The van der Waals surface area contributed by atoms with E-state index in [1.54, 1.807) is 0 Å². The topological polar surface area (TPSA) is 41.1 Å². The normalized spacial score (nSPS) is 27.8. The molecule has 3 aliphatic rings. The highest BCUT2D eigenvalue weighted by molar-refractivity contribution is 6.05. The van der Waals surface area contributed by atoms with E-state index in [4.69, 9.17) is 0 Å². The van der Waals surface area contributed by atoms with E-state index >= 15 is 0 Å². The minimum Gasteiger partial charge on any atom is -0.378 e. The Hall–Kier alpha value is -3.07. The number of fused-ring (bicyclic) bond motifs is 7. The van der Waals surface area contributed by atoms with Crippen LogP contribution in [-0.4, -0.2) is 5.91 Å². The Bertz CT molecular complexity index is 1140. The molecule has 2 N–H and O–H groups in total. The van der Waals surface area contributed by atoms with Gasteiger partial charge in [0, 0.05) is 16.9 Å².